The quantitative estimate of drug-likeness (QED) is 0.860. The van der Waals surface area contributed by atoms with E-state index in [9.17, 15) is 0 Å². The van der Waals surface area contributed by atoms with Gasteiger partial charge in [0.25, 0.3) is 0 Å². The molecule has 0 unspecified atom stereocenters. The molecule has 0 N–H and O–H groups in total. The lowest BCUT2D eigenvalue weighted by Crippen LogP contribution is -2.43. The average Bonchev–Trinajstić information content (AvgIpc) is 2.89. The third-order valence-corrected chi connectivity index (χ3v) is 5.00. The van der Waals surface area contributed by atoms with Crippen LogP contribution in [0.2, 0.25) is 0 Å². The molecule has 0 bridgehead atoms. The van der Waals surface area contributed by atoms with Gasteiger partial charge in [-0.1, -0.05) is 6.07 Å². The average molecular weight is 276 g/mol. The number of aromatic nitrogens is 1. The van der Waals surface area contributed by atoms with E-state index in [-0.39, 0.29) is 5.60 Å². The van der Waals surface area contributed by atoms with Gasteiger partial charge in [0.15, 0.2) is 0 Å². The number of methoxy groups -OCH3 is 1. The fourth-order valence-corrected chi connectivity index (χ4v) is 3.39. The smallest absolute Gasteiger partial charge is 0.0812 e. The van der Waals surface area contributed by atoms with Crippen molar-refractivity contribution in [2.75, 3.05) is 20.2 Å². The molecule has 1 aromatic carbocycles. The molecular weight excluding hydrogens is 256 g/mol. The maximum absolute atomic E-state index is 5.59. The molecule has 2 heterocycles. The Kier molecular flexibility index (Phi) is 3.56. The first-order chi connectivity index (χ1) is 9.18. The van der Waals surface area contributed by atoms with Crippen LogP contribution in [0.4, 0.5) is 0 Å². The number of likely N-dealkylation sites (tertiary alicyclic amines) is 1. The summed E-state index contributed by atoms with van der Waals surface area (Å²) in [5.41, 5.74) is 4.49. The Morgan fingerprint density at radius 2 is 2.16 bits per heavy atom. The van der Waals surface area contributed by atoms with Crippen LogP contribution in [0, 0.1) is 0 Å². The number of benzene rings is 1. The van der Waals surface area contributed by atoms with E-state index in [0.29, 0.717) is 0 Å². The number of rotatable bonds is 3. The van der Waals surface area contributed by atoms with Crippen molar-refractivity contribution in [3.05, 3.63) is 29.3 Å². The fourth-order valence-electron chi connectivity index (χ4n) is 2.64. The van der Waals surface area contributed by atoms with Gasteiger partial charge in [0.05, 0.1) is 21.3 Å². The Balaban J connectivity index is 1.65. The van der Waals surface area contributed by atoms with Gasteiger partial charge in [0.1, 0.15) is 0 Å². The van der Waals surface area contributed by atoms with Crippen LogP contribution in [0.5, 0.6) is 0 Å². The number of hydrogen-bond donors (Lipinski definition) is 0. The number of ether oxygens (including phenoxy) is 1. The van der Waals surface area contributed by atoms with E-state index in [1.807, 2.05) is 12.6 Å². The normalized spacial score (nSPS) is 19.9. The standard InChI is InChI=1S/C15H20N2OS/c1-15(18-2)5-7-17(8-6-15)10-12-3-4-13-14(9-12)19-11-16-13/h3-4,9,11H,5-8,10H2,1-2H3. The summed E-state index contributed by atoms with van der Waals surface area (Å²) in [5, 5.41) is 0. The minimum atomic E-state index is 0.0815. The predicted molar refractivity (Wildman–Crippen MR) is 79.5 cm³/mol. The second-order valence-corrected chi connectivity index (χ2v) is 6.47. The Labute approximate surface area is 118 Å². The first-order valence-electron chi connectivity index (χ1n) is 6.78. The van der Waals surface area contributed by atoms with Gasteiger partial charge in [0, 0.05) is 26.7 Å². The van der Waals surface area contributed by atoms with Crippen LogP contribution >= 0.6 is 11.3 Å². The van der Waals surface area contributed by atoms with E-state index < -0.39 is 0 Å². The first kappa shape index (κ1) is 13.0. The van der Waals surface area contributed by atoms with Crippen molar-refractivity contribution < 1.29 is 4.74 Å². The van der Waals surface area contributed by atoms with Crippen LogP contribution in [0.3, 0.4) is 0 Å². The number of thiazole rings is 1. The number of piperidine rings is 1. The molecule has 0 radical (unpaired) electrons. The molecule has 1 aromatic heterocycles. The van der Waals surface area contributed by atoms with E-state index in [1.54, 1.807) is 11.3 Å². The van der Waals surface area contributed by atoms with Crippen molar-refractivity contribution in [2.24, 2.45) is 0 Å². The van der Waals surface area contributed by atoms with Crippen LogP contribution in [-0.2, 0) is 11.3 Å². The van der Waals surface area contributed by atoms with E-state index in [1.165, 1.54) is 10.3 Å². The number of fused-ring (bicyclic) bond motifs is 1. The summed E-state index contributed by atoms with van der Waals surface area (Å²) in [5.74, 6) is 0. The van der Waals surface area contributed by atoms with Crippen molar-refractivity contribution >= 4 is 21.6 Å². The number of hydrogen-bond acceptors (Lipinski definition) is 4. The Morgan fingerprint density at radius 3 is 2.89 bits per heavy atom. The molecule has 1 fully saturated rings. The molecule has 0 saturated carbocycles. The highest BCUT2D eigenvalue weighted by atomic mass is 32.1. The number of nitrogens with zero attached hydrogens (tertiary/aromatic N) is 2. The summed E-state index contributed by atoms with van der Waals surface area (Å²) in [6.45, 7) is 5.48. The molecule has 1 saturated heterocycles. The van der Waals surface area contributed by atoms with Gasteiger partial charge in [-0.25, -0.2) is 4.98 Å². The summed E-state index contributed by atoms with van der Waals surface area (Å²) in [7, 11) is 1.83. The summed E-state index contributed by atoms with van der Waals surface area (Å²) in [6.07, 6.45) is 2.23. The molecule has 0 amide bonds. The van der Waals surface area contributed by atoms with Crippen molar-refractivity contribution in [1.82, 2.24) is 9.88 Å². The van der Waals surface area contributed by atoms with E-state index in [4.69, 9.17) is 4.74 Å². The van der Waals surface area contributed by atoms with Crippen LogP contribution in [0.25, 0.3) is 10.2 Å². The summed E-state index contributed by atoms with van der Waals surface area (Å²) < 4.78 is 6.88. The maximum atomic E-state index is 5.59. The SMILES string of the molecule is COC1(C)CCN(Cc2ccc3ncsc3c2)CC1. The minimum absolute atomic E-state index is 0.0815. The van der Waals surface area contributed by atoms with Crippen LogP contribution in [0.1, 0.15) is 25.3 Å². The molecule has 0 spiro atoms. The highest BCUT2D eigenvalue weighted by Gasteiger charge is 2.29. The van der Waals surface area contributed by atoms with Gasteiger partial charge < -0.3 is 4.74 Å². The fraction of sp³-hybridized carbons (Fsp3) is 0.533. The molecule has 0 atom stereocenters. The molecule has 2 aromatic rings. The molecule has 19 heavy (non-hydrogen) atoms. The third-order valence-electron chi connectivity index (χ3n) is 4.21. The summed E-state index contributed by atoms with van der Waals surface area (Å²) in [4.78, 5) is 6.84. The first-order valence-corrected chi connectivity index (χ1v) is 7.66. The zero-order chi connectivity index (χ0) is 13.3. The predicted octanol–water partition coefficient (Wildman–Crippen LogP) is 3.30. The van der Waals surface area contributed by atoms with Crippen LogP contribution in [-0.4, -0.2) is 35.7 Å². The maximum Gasteiger partial charge on any atom is 0.0812 e. The molecule has 102 valence electrons. The second-order valence-electron chi connectivity index (χ2n) is 5.58. The lowest BCUT2D eigenvalue weighted by Gasteiger charge is -2.38. The van der Waals surface area contributed by atoms with E-state index >= 15 is 0 Å². The molecule has 1 aliphatic heterocycles. The van der Waals surface area contributed by atoms with Gasteiger partial charge in [-0.2, -0.15) is 0 Å². The highest BCUT2D eigenvalue weighted by molar-refractivity contribution is 7.16. The third kappa shape index (κ3) is 2.81. The van der Waals surface area contributed by atoms with E-state index in [2.05, 4.69) is 35.0 Å². The largest absolute Gasteiger partial charge is 0.378 e. The Hall–Kier alpha value is -0.970. The van der Waals surface area contributed by atoms with Crippen molar-refractivity contribution in [3.63, 3.8) is 0 Å². The van der Waals surface area contributed by atoms with Gasteiger partial charge in [-0.15, -0.1) is 11.3 Å². The van der Waals surface area contributed by atoms with Crippen LogP contribution < -0.4 is 0 Å². The molecule has 4 heteroatoms. The molecular formula is C15H20N2OS. The van der Waals surface area contributed by atoms with Crippen LogP contribution in [0.15, 0.2) is 23.7 Å². The molecule has 0 aliphatic carbocycles. The highest BCUT2D eigenvalue weighted by Crippen LogP contribution is 2.26. The second kappa shape index (κ2) is 5.19. The Morgan fingerprint density at radius 1 is 1.37 bits per heavy atom. The molecule has 3 nitrogen and oxygen atoms in total. The van der Waals surface area contributed by atoms with E-state index in [0.717, 1.165) is 38.0 Å². The summed E-state index contributed by atoms with van der Waals surface area (Å²) >= 11 is 1.72. The Bertz CT molecular complexity index is 558. The van der Waals surface area contributed by atoms with Crippen molar-refractivity contribution in [1.29, 1.82) is 0 Å². The lowest BCUT2D eigenvalue weighted by molar-refractivity contribution is -0.0440. The zero-order valence-corrected chi connectivity index (χ0v) is 12.4. The molecule has 1 aliphatic rings. The lowest BCUT2D eigenvalue weighted by atomic mass is 9.93. The van der Waals surface area contributed by atoms with Gasteiger partial charge in [0.2, 0.25) is 0 Å². The van der Waals surface area contributed by atoms with Crippen molar-refractivity contribution in [2.45, 2.75) is 31.9 Å². The van der Waals surface area contributed by atoms with Gasteiger partial charge >= 0.3 is 0 Å². The van der Waals surface area contributed by atoms with Gasteiger partial charge in [-0.3, -0.25) is 4.90 Å². The van der Waals surface area contributed by atoms with Gasteiger partial charge in [-0.05, 0) is 37.5 Å². The summed E-state index contributed by atoms with van der Waals surface area (Å²) in [6, 6.07) is 6.60. The molecule has 3 rings (SSSR count). The zero-order valence-electron chi connectivity index (χ0n) is 11.6. The monoisotopic (exact) mass is 276 g/mol. The van der Waals surface area contributed by atoms with Crippen molar-refractivity contribution in [3.8, 4) is 0 Å². The minimum Gasteiger partial charge on any atom is -0.378 e. The topological polar surface area (TPSA) is 25.4 Å².